The molecular formula is C13H22N2O2. The van der Waals surface area contributed by atoms with E-state index in [9.17, 15) is 9.59 Å². The van der Waals surface area contributed by atoms with Gasteiger partial charge in [-0.25, -0.2) is 0 Å². The van der Waals surface area contributed by atoms with Crippen LogP contribution in [0.5, 0.6) is 0 Å². The fraction of sp³-hybridized carbons (Fsp3) is 0.846. The van der Waals surface area contributed by atoms with Crippen LogP contribution >= 0.6 is 0 Å². The second kappa shape index (κ2) is 5.52. The largest absolute Gasteiger partial charge is 0.345 e. The molecule has 96 valence electrons. The molecule has 4 heteroatoms. The highest BCUT2D eigenvalue weighted by atomic mass is 16.2. The fourth-order valence-electron chi connectivity index (χ4n) is 2.67. The molecule has 0 aromatic carbocycles. The van der Waals surface area contributed by atoms with Crippen molar-refractivity contribution in [3.8, 4) is 0 Å². The van der Waals surface area contributed by atoms with Crippen molar-refractivity contribution in [3.05, 3.63) is 0 Å². The van der Waals surface area contributed by atoms with E-state index in [0.717, 1.165) is 38.8 Å². The van der Waals surface area contributed by atoms with Gasteiger partial charge in [0, 0.05) is 19.1 Å². The minimum absolute atomic E-state index is 0.232. The summed E-state index contributed by atoms with van der Waals surface area (Å²) < 4.78 is 0. The zero-order valence-corrected chi connectivity index (χ0v) is 10.6. The Kier molecular flexibility index (Phi) is 4.02. The van der Waals surface area contributed by atoms with E-state index in [1.54, 1.807) is 4.90 Å². The Morgan fingerprint density at radius 3 is 2.24 bits per heavy atom. The summed E-state index contributed by atoms with van der Waals surface area (Å²) in [6, 6.07) is 0.232. The third kappa shape index (κ3) is 3.20. The van der Waals surface area contributed by atoms with Crippen LogP contribution in [0.3, 0.4) is 0 Å². The maximum atomic E-state index is 11.9. The minimum atomic E-state index is -0.397. The molecule has 17 heavy (non-hydrogen) atoms. The normalized spacial score (nSPS) is 22.8. The average molecular weight is 238 g/mol. The molecule has 1 saturated carbocycles. The lowest BCUT2D eigenvalue weighted by Gasteiger charge is -2.30. The molecule has 1 N–H and O–H groups in total. The molecule has 2 rings (SSSR count). The van der Waals surface area contributed by atoms with Gasteiger partial charge in [-0.1, -0.05) is 19.8 Å². The summed E-state index contributed by atoms with van der Waals surface area (Å²) in [5, 5.41) is 2.86. The van der Waals surface area contributed by atoms with Gasteiger partial charge in [0.25, 0.3) is 0 Å². The van der Waals surface area contributed by atoms with Gasteiger partial charge in [-0.05, 0) is 31.6 Å². The summed E-state index contributed by atoms with van der Waals surface area (Å²) in [5.74, 6) is -0.0489. The van der Waals surface area contributed by atoms with E-state index < -0.39 is 5.91 Å². The summed E-state index contributed by atoms with van der Waals surface area (Å²) in [5.41, 5.74) is 0. The molecule has 2 aliphatic rings. The molecule has 0 bridgehead atoms. The first kappa shape index (κ1) is 12.4. The Morgan fingerprint density at radius 2 is 1.65 bits per heavy atom. The quantitative estimate of drug-likeness (QED) is 0.700. The van der Waals surface area contributed by atoms with Crippen LogP contribution in [0.2, 0.25) is 0 Å². The van der Waals surface area contributed by atoms with Crippen LogP contribution in [0.15, 0.2) is 0 Å². The summed E-state index contributed by atoms with van der Waals surface area (Å²) in [6.45, 7) is 3.66. The van der Waals surface area contributed by atoms with E-state index in [-0.39, 0.29) is 11.9 Å². The molecule has 2 amide bonds. The van der Waals surface area contributed by atoms with Crippen molar-refractivity contribution < 1.29 is 9.59 Å². The molecule has 0 atom stereocenters. The molecule has 0 unspecified atom stereocenters. The highest BCUT2D eigenvalue weighted by molar-refractivity contribution is 6.35. The predicted molar refractivity (Wildman–Crippen MR) is 65.4 cm³/mol. The van der Waals surface area contributed by atoms with Crippen molar-refractivity contribution >= 4 is 11.8 Å². The van der Waals surface area contributed by atoms with E-state index >= 15 is 0 Å². The average Bonchev–Trinajstić information content (AvgIpc) is 2.82. The maximum absolute atomic E-state index is 11.9. The van der Waals surface area contributed by atoms with Gasteiger partial charge in [0.1, 0.15) is 0 Å². The van der Waals surface area contributed by atoms with Crippen LogP contribution in [0, 0.1) is 5.92 Å². The van der Waals surface area contributed by atoms with Gasteiger partial charge in [-0.2, -0.15) is 0 Å². The number of hydrogen-bond acceptors (Lipinski definition) is 2. The fourth-order valence-corrected chi connectivity index (χ4v) is 2.67. The van der Waals surface area contributed by atoms with Crippen molar-refractivity contribution in [1.82, 2.24) is 10.2 Å². The number of nitrogens with zero attached hydrogens (tertiary/aromatic N) is 1. The van der Waals surface area contributed by atoms with Gasteiger partial charge in [0.15, 0.2) is 0 Å². The van der Waals surface area contributed by atoms with E-state index in [1.807, 2.05) is 0 Å². The highest BCUT2D eigenvalue weighted by Gasteiger charge is 2.27. The number of carbonyl (C=O) groups excluding carboxylic acids is 2. The molecular weight excluding hydrogens is 216 g/mol. The molecule has 2 fully saturated rings. The SMILES string of the molecule is CC1CCN(C(=O)C(=O)NC2CCCC2)CC1. The topological polar surface area (TPSA) is 49.4 Å². The number of rotatable bonds is 1. The third-order valence-electron chi connectivity index (χ3n) is 3.96. The van der Waals surface area contributed by atoms with Gasteiger partial charge >= 0.3 is 11.8 Å². The van der Waals surface area contributed by atoms with Crippen molar-refractivity contribution in [1.29, 1.82) is 0 Å². The second-order valence-corrected chi connectivity index (χ2v) is 5.43. The standard InChI is InChI=1S/C13H22N2O2/c1-10-6-8-15(9-7-10)13(17)12(16)14-11-4-2-3-5-11/h10-11H,2-9H2,1H3,(H,14,16). The summed E-state index contributed by atoms with van der Waals surface area (Å²) in [4.78, 5) is 25.4. The second-order valence-electron chi connectivity index (χ2n) is 5.43. The van der Waals surface area contributed by atoms with E-state index in [0.29, 0.717) is 5.92 Å². The maximum Gasteiger partial charge on any atom is 0.311 e. The molecule has 0 radical (unpaired) electrons. The molecule has 1 aliphatic carbocycles. The summed E-state index contributed by atoms with van der Waals surface area (Å²) in [7, 11) is 0. The number of carbonyl (C=O) groups is 2. The van der Waals surface area contributed by atoms with Crippen molar-refractivity contribution in [2.45, 2.75) is 51.5 Å². The van der Waals surface area contributed by atoms with Gasteiger partial charge in [0.2, 0.25) is 0 Å². The Labute approximate surface area is 103 Å². The van der Waals surface area contributed by atoms with Crippen LogP contribution in [0.25, 0.3) is 0 Å². The molecule has 0 spiro atoms. The van der Waals surface area contributed by atoms with E-state index in [1.165, 1.54) is 12.8 Å². The predicted octanol–water partition coefficient (Wildman–Crippen LogP) is 1.30. The van der Waals surface area contributed by atoms with Crippen LogP contribution in [-0.2, 0) is 9.59 Å². The molecule has 1 heterocycles. The third-order valence-corrected chi connectivity index (χ3v) is 3.96. The van der Waals surface area contributed by atoms with Crippen LogP contribution in [-0.4, -0.2) is 35.8 Å². The lowest BCUT2D eigenvalue weighted by atomic mass is 9.99. The zero-order chi connectivity index (χ0) is 12.3. The molecule has 0 aromatic rings. The van der Waals surface area contributed by atoms with Crippen molar-refractivity contribution in [2.75, 3.05) is 13.1 Å². The minimum Gasteiger partial charge on any atom is -0.345 e. The van der Waals surface area contributed by atoms with Gasteiger partial charge < -0.3 is 10.2 Å². The zero-order valence-electron chi connectivity index (χ0n) is 10.6. The Bertz CT molecular complexity index is 290. The first-order valence-electron chi connectivity index (χ1n) is 6.76. The number of nitrogens with one attached hydrogen (secondary N) is 1. The van der Waals surface area contributed by atoms with Gasteiger partial charge in [-0.3, -0.25) is 9.59 Å². The first-order chi connectivity index (χ1) is 8.16. The van der Waals surface area contributed by atoms with Gasteiger partial charge in [-0.15, -0.1) is 0 Å². The smallest absolute Gasteiger partial charge is 0.311 e. The Morgan fingerprint density at radius 1 is 1.06 bits per heavy atom. The first-order valence-corrected chi connectivity index (χ1v) is 6.76. The number of likely N-dealkylation sites (tertiary alicyclic amines) is 1. The summed E-state index contributed by atoms with van der Waals surface area (Å²) in [6.07, 6.45) is 6.41. The van der Waals surface area contributed by atoms with Crippen LogP contribution in [0.4, 0.5) is 0 Å². The van der Waals surface area contributed by atoms with Gasteiger partial charge in [0.05, 0.1) is 0 Å². The molecule has 1 aliphatic heterocycles. The molecule has 0 aromatic heterocycles. The van der Waals surface area contributed by atoms with Crippen LogP contribution < -0.4 is 5.32 Å². The Hall–Kier alpha value is -1.06. The lowest BCUT2D eigenvalue weighted by Crippen LogP contribution is -2.48. The van der Waals surface area contributed by atoms with E-state index in [4.69, 9.17) is 0 Å². The van der Waals surface area contributed by atoms with Crippen molar-refractivity contribution in [3.63, 3.8) is 0 Å². The monoisotopic (exact) mass is 238 g/mol. The summed E-state index contributed by atoms with van der Waals surface area (Å²) >= 11 is 0. The molecule has 4 nitrogen and oxygen atoms in total. The number of amides is 2. The molecule has 1 saturated heterocycles. The highest BCUT2D eigenvalue weighted by Crippen LogP contribution is 2.18. The number of piperidine rings is 1. The van der Waals surface area contributed by atoms with Crippen molar-refractivity contribution in [2.24, 2.45) is 5.92 Å². The lowest BCUT2D eigenvalue weighted by molar-refractivity contribution is -0.147. The van der Waals surface area contributed by atoms with E-state index in [2.05, 4.69) is 12.2 Å². The number of hydrogen-bond donors (Lipinski definition) is 1. The Balaban J connectivity index is 1.80. The van der Waals surface area contributed by atoms with Crippen LogP contribution in [0.1, 0.15) is 45.4 Å².